The van der Waals surface area contributed by atoms with Gasteiger partial charge in [-0.1, -0.05) is 0 Å². The number of hydrogen-bond acceptors (Lipinski definition) is 2. The van der Waals surface area contributed by atoms with Crippen LogP contribution in [0, 0.1) is 13.8 Å². The minimum Gasteiger partial charge on any atom is -0.304 e. The number of aryl methyl sites for hydroxylation is 2. The Morgan fingerprint density at radius 3 is 2.32 bits per heavy atom. The lowest BCUT2D eigenvalue weighted by Crippen LogP contribution is -2.40. The van der Waals surface area contributed by atoms with Crippen molar-refractivity contribution in [2.45, 2.75) is 52.6 Å². The molecular weight excluding hydrogens is 262 g/mol. The van der Waals surface area contributed by atoms with Gasteiger partial charge in [-0.15, -0.1) is 0 Å². The zero-order chi connectivity index (χ0) is 14.8. The largest absolute Gasteiger partial charge is 0.319 e. The second-order valence-electron chi connectivity index (χ2n) is 4.56. The summed E-state index contributed by atoms with van der Waals surface area (Å²) in [4.78, 5) is 0. The van der Waals surface area contributed by atoms with Gasteiger partial charge in [0.25, 0.3) is 0 Å². The van der Waals surface area contributed by atoms with Crippen molar-refractivity contribution in [2.75, 3.05) is 6.54 Å². The predicted molar refractivity (Wildman–Crippen MR) is 64.7 cm³/mol. The predicted octanol–water partition coefficient (Wildman–Crippen LogP) is 3.07. The van der Waals surface area contributed by atoms with Crippen molar-refractivity contribution in [3.63, 3.8) is 0 Å². The molecule has 0 aliphatic carbocycles. The normalized spacial score (nSPS) is 14.2. The number of alkyl halides is 4. The van der Waals surface area contributed by atoms with Crippen molar-refractivity contribution in [2.24, 2.45) is 0 Å². The molecule has 1 unspecified atom stereocenters. The Morgan fingerprint density at radius 2 is 1.89 bits per heavy atom. The molecule has 0 aliphatic rings. The van der Waals surface area contributed by atoms with Crippen LogP contribution in [0.2, 0.25) is 0 Å². The molecule has 1 heterocycles. The molecule has 0 radical (unpaired) electrons. The van der Waals surface area contributed by atoms with Crippen molar-refractivity contribution in [3.8, 4) is 0 Å². The third kappa shape index (κ3) is 3.46. The van der Waals surface area contributed by atoms with Crippen LogP contribution in [0.4, 0.5) is 17.6 Å². The fraction of sp³-hybridized carbons (Fsp3) is 0.750. The Hall–Kier alpha value is -1.11. The minimum absolute atomic E-state index is 0.454. The summed E-state index contributed by atoms with van der Waals surface area (Å²) in [5, 5.41) is 6.73. The zero-order valence-electron chi connectivity index (χ0n) is 11.5. The molecule has 19 heavy (non-hydrogen) atoms. The maximum atomic E-state index is 12.9. The molecule has 1 rings (SSSR count). The van der Waals surface area contributed by atoms with E-state index >= 15 is 0 Å². The molecule has 0 amide bonds. The van der Waals surface area contributed by atoms with E-state index in [4.69, 9.17) is 0 Å². The van der Waals surface area contributed by atoms with Crippen molar-refractivity contribution in [3.05, 3.63) is 17.0 Å². The number of aromatic nitrogens is 2. The topological polar surface area (TPSA) is 29.9 Å². The summed E-state index contributed by atoms with van der Waals surface area (Å²) in [5.74, 6) is -4.02. The van der Waals surface area contributed by atoms with Gasteiger partial charge in [0.1, 0.15) is 0 Å². The van der Waals surface area contributed by atoms with Gasteiger partial charge in [-0.3, -0.25) is 4.68 Å². The molecule has 110 valence electrons. The third-order valence-electron chi connectivity index (χ3n) is 3.13. The molecule has 0 bridgehead atoms. The second-order valence-corrected chi connectivity index (χ2v) is 4.56. The molecule has 0 aromatic carbocycles. The Bertz CT molecular complexity index is 429. The number of halogens is 4. The van der Waals surface area contributed by atoms with Gasteiger partial charge in [0, 0.05) is 23.8 Å². The maximum absolute atomic E-state index is 12.9. The van der Waals surface area contributed by atoms with Gasteiger partial charge in [-0.2, -0.15) is 13.9 Å². The van der Waals surface area contributed by atoms with Crippen molar-refractivity contribution < 1.29 is 17.6 Å². The summed E-state index contributed by atoms with van der Waals surface area (Å²) in [6.07, 6.45) is -3.66. The van der Waals surface area contributed by atoms with Crippen LogP contribution < -0.4 is 5.32 Å². The van der Waals surface area contributed by atoms with Gasteiger partial charge in [-0.05, 0) is 27.7 Å². The van der Waals surface area contributed by atoms with E-state index in [1.54, 1.807) is 18.5 Å². The fourth-order valence-electron chi connectivity index (χ4n) is 2.11. The number of rotatable bonds is 6. The number of nitrogens with zero attached hydrogens (tertiary/aromatic N) is 2. The molecule has 0 saturated carbocycles. The van der Waals surface area contributed by atoms with Crippen LogP contribution in [0.5, 0.6) is 0 Å². The van der Waals surface area contributed by atoms with E-state index in [1.165, 1.54) is 0 Å². The van der Waals surface area contributed by atoms with Crippen molar-refractivity contribution in [1.29, 1.82) is 0 Å². The molecule has 7 heteroatoms. The average molecular weight is 281 g/mol. The minimum atomic E-state index is -4.02. The van der Waals surface area contributed by atoms with E-state index < -0.39 is 24.9 Å². The molecule has 0 saturated heterocycles. The van der Waals surface area contributed by atoms with Gasteiger partial charge in [0.05, 0.1) is 12.2 Å². The van der Waals surface area contributed by atoms with Gasteiger partial charge in [-0.25, -0.2) is 8.78 Å². The first-order valence-electron chi connectivity index (χ1n) is 6.14. The molecule has 3 nitrogen and oxygen atoms in total. The molecule has 1 aromatic heterocycles. The highest BCUT2D eigenvalue weighted by atomic mass is 19.3. The highest BCUT2D eigenvalue weighted by molar-refractivity contribution is 5.27. The van der Waals surface area contributed by atoms with Gasteiger partial charge < -0.3 is 5.32 Å². The highest BCUT2D eigenvalue weighted by Crippen LogP contribution is 2.25. The van der Waals surface area contributed by atoms with Crippen LogP contribution in [-0.4, -0.2) is 28.7 Å². The lowest BCUT2D eigenvalue weighted by atomic mass is 10.1. The Morgan fingerprint density at radius 1 is 1.32 bits per heavy atom. The van der Waals surface area contributed by atoms with E-state index in [9.17, 15) is 17.6 Å². The van der Waals surface area contributed by atoms with E-state index in [0.29, 0.717) is 6.54 Å². The number of hydrogen-bond donors (Lipinski definition) is 1. The van der Waals surface area contributed by atoms with Crippen LogP contribution in [0.3, 0.4) is 0 Å². The summed E-state index contributed by atoms with van der Waals surface area (Å²) in [6, 6.07) is -0.454. The van der Waals surface area contributed by atoms with E-state index in [2.05, 4.69) is 10.4 Å². The van der Waals surface area contributed by atoms with Crippen LogP contribution >= 0.6 is 0 Å². The summed E-state index contributed by atoms with van der Waals surface area (Å²) < 4.78 is 51.6. The smallest absolute Gasteiger partial charge is 0.304 e. The average Bonchev–Trinajstić information content (AvgIpc) is 2.61. The summed E-state index contributed by atoms with van der Waals surface area (Å²) in [5.41, 5.74) is 2.37. The fourth-order valence-corrected chi connectivity index (χ4v) is 2.11. The van der Waals surface area contributed by atoms with E-state index in [0.717, 1.165) is 17.0 Å². The maximum Gasteiger partial charge on any atom is 0.319 e. The lowest BCUT2D eigenvalue weighted by Gasteiger charge is -2.20. The quantitative estimate of drug-likeness (QED) is 0.812. The number of nitrogens with one attached hydrogen (secondary N) is 1. The van der Waals surface area contributed by atoms with Crippen LogP contribution in [0.1, 0.15) is 36.8 Å². The monoisotopic (exact) mass is 281 g/mol. The standard InChI is InChI=1S/C12H19F4N3/c1-5-19-9(4)10(8(3)18-19)7(2)17-6-12(15,16)11(13)14/h7,11,17H,5-6H2,1-4H3. The van der Waals surface area contributed by atoms with Gasteiger partial charge in [0.15, 0.2) is 0 Å². The lowest BCUT2D eigenvalue weighted by molar-refractivity contribution is -0.126. The summed E-state index contributed by atoms with van der Waals surface area (Å²) in [7, 11) is 0. The molecule has 0 aliphatic heterocycles. The molecule has 1 atom stereocenters. The summed E-state index contributed by atoms with van der Waals surface area (Å²) >= 11 is 0. The van der Waals surface area contributed by atoms with Gasteiger partial charge in [0.2, 0.25) is 0 Å². The first kappa shape index (κ1) is 15.9. The highest BCUT2D eigenvalue weighted by Gasteiger charge is 2.40. The molecule has 1 N–H and O–H groups in total. The zero-order valence-corrected chi connectivity index (χ0v) is 11.5. The Balaban J connectivity index is 2.79. The van der Waals surface area contributed by atoms with Crippen molar-refractivity contribution in [1.82, 2.24) is 15.1 Å². The molecule has 1 aromatic rings. The Kier molecular flexibility index (Phi) is 4.95. The summed E-state index contributed by atoms with van der Waals surface area (Å²) in [6.45, 7) is 6.82. The van der Waals surface area contributed by atoms with Crippen LogP contribution in [0.15, 0.2) is 0 Å². The van der Waals surface area contributed by atoms with Crippen LogP contribution in [-0.2, 0) is 6.54 Å². The second kappa shape index (κ2) is 5.90. The third-order valence-corrected chi connectivity index (χ3v) is 3.13. The van der Waals surface area contributed by atoms with E-state index in [1.807, 2.05) is 13.8 Å². The SMILES string of the molecule is CCn1nc(C)c(C(C)NCC(F)(F)C(F)F)c1C. The molecule has 0 spiro atoms. The Labute approximate surface area is 110 Å². The van der Waals surface area contributed by atoms with Crippen LogP contribution in [0.25, 0.3) is 0 Å². The van der Waals surface area contributed by atoms with E-state index in [-0.39, 0.29) is 0 Å². The van der Waals surface area contributed by atoms with Crippen molar-refractivity contribution >= 4 is 0 Å². The molecular formula is C12H19F4N3. The van der Waals surface area contributed by atoms with Gasteiger partial charge >= 0.3 is 12.3 Å². The first-order chi connectivity index (χ1) is 8.70. The molecule has 0 fully saturated rings. The first-order valence-corrected chi connectivity index (χ1v) is 6.14.